The van der Waals surface area contributed by atoms with Crippen LogP contribution in [0.25, 0.3) is 0 Å². The summed E-state index contributed by atoms with van der Waals surface area (Å²) < 4.78 is 5.80. The fourth-order valence-electron chi connectivity index (χ4n) is 3.95. The summed E-state index contributed by atoms with van der Waals surface area (Å²) >= 11 is 12.1. The first-order chi connectivity index (χ1) is 14.9. The standard InChI is InChI=1S/C21H31Cl2N5O3/c1-24-21(30)28-6-4-15(5-7-28)11-25-20(29)26-12-17-14-27(8-9-31-17)13-16-2-3-18(22)19(23)10-16/h2-3,10,15,17H,4-9,11-14H2,1H3,(H,24,30)(H2,25,26,29)/t17-/m0/s1. The van der Waals surface area contributed by atoms with E-state index in [0.29, 0.717) is 35.7 Å². The van der Waals surface area contributed by atoms with Crippen LogP contribution in [-0.4, -0.2) is 80.9 Å². The van der Waals surface area contributed by atoms with Crippen molar-refractivity contribution in [2.45, 2.75) is 25.5 Å². The summed E-state index contributed by atoms with van der Waals surface area (Å²) in [5.41, 5.74) is 1.10. The minimum Gasteiger partial charge on any atom is -0.374 e. The summed E-state index contributed by atoms with van der Waals surface area (Å²) in [5, 5.41) is 9.62. The molecule has 2 fully saturated rings. The molecule has 3 N–H and O–H groups in total. The molecule has 0 bridgehead atoms. The van der Waals surface area contributed by atoms with Crippen molar-refractivity contribution in [2.75, 3.05) is 52.9 Å². The summed E-state index contributed by atoms with van der Waals surface area (Å²) in [4.78, 5) is 27.9. The van der Waals surface area contributed by atoms with Crippen molar-refractivity contribution in [3.8, 4) is 0 Å². The lowest BCUT2D eigenvalue weighted by Gasteiger charge is -2.33. The molecule has 2 aliphatic heterocycles. The zero-order valence-electron chi connectivity index (χ0n) is 17.8. The number of amides is 4. The number of nitrogens with one attached hydrogen (secondary N) is 3. The van der Waals surface area contributed by atoms with Gasteiger partial charge in [-0.05, 0) is 36.5 Å². The highest BCUT2D eigenvalue weighted by Crippen LogP contribution is 2.23. The van der Waals surface area contributed by atoms with Crippen LogP contribution in [0.5, 0.6) is 0 Å². The molecule has 1 aromatic rings. The van der Waals surface area contributed by atoms with Gasteiger partial charge in [0.2, 0.25) is 0 Å². The van der Waals surface area contributed by atoms with E-state index in [9.17, 15) is 9.59 Å². The highest BCUT2D eigenvalue weighted by Gasteiger charge is 2.23. The van der Waals surface area contributed by atoms with E-state index in [0.717, 1.165) is 51.1 Å². The first kappa shape index (κ1) is 23.9. The lowest BCUT2D eigenvalue weighted by molar-refractivity contribution is -0.0287. The van der Waals surface area contributed by atoms with Gasteiger partial charge in [0.05, 0.1) is 22.8 Å². The Morgan fingerprint density at radius 1 is 1.10 bits per heavy atom. The molecule has 0 radical (unpaired) electrons. The number of piperidine rings is 1. The lowest BCUT2D eigenvalue weighted by Crippen LogP contribution is -2.49. The van der Waals surface area contributed by atoms with E-state index in [-0.39, 0.29) is 18.2 Å². The van der Waals surface area contributed by atoms with Gasteiger partial charge in [-0.25, -0.2) is 9.59 Å². The average molecular weight is 472 g/mol. The van der Waals surface area contributed by atoms with E-state index < -0.39 is 0 Å². The van der Waals surface area contributed by atoms with Crippen LogP contribution < -0.4 is 16.0 Å². The van der Waals surface area contributed by atoms with Gasteiger partial charge in [0.15, 0.2) is 0 Å². The highest BCUT2D eigenvalue weighted by atomic mass is 35.5. The number of urea groups is 2. The summed E-state index contributed by atoms with van der Waals surface area (Å²) in [6.45, 7) is 5.46. The molecule has 0 aliphatic carbocycles. The summed E-state index contributed by atoms with van der Waals surface area (Å²) in [6.07, 6.45) is 1.73. The predicted octanol–water partition coefficient (Wildman–Crippen LogP) is 2.54. The summed E-state index contributed by atoms with van der Waals surface area (Å²) in [5.74, 6) is 0.388. The van der Waals surface area contributed by atoms with Crippen LogP contribution in [0.4, 0.5) is 9.59 Å². The molecule has 8 nitrogen and oxygen atoms in total. The Hall–Kier alpha value is -1.74. The second-order valence-electron chi connectivity index (χ2n) is 8.05. The number of hydrogen-bond donors (Lipinski definition) is 3. The molecule has 172 valence electrons. The molecule has 3 rings (SSSR count). The number of ether oxygens (including phenoxy) is 1. The fraction of sp³-hybridized carbons (Fsp3) is 0.619. The maximum absolute atomic E-state index is 12.2. The van der Waals surface area contributed by atoms with Crippen LogP contribution in [-0.2, 0) is 11.3 Å². The Morgan fingerprint density at radius 2 is 1.84 bits per heavy atom. The third kappa shape index (κ3) is 7.42. The molecule has 4 amide bonds. The van der Waals surface area contributed by atoms with Crippen LogP contribution in [0.1, 0.15) is 18.4 Å². The van der Waals surface area contributed by atoms with Crippen molar-refractivity contribution >= 4 is 35.3 Å². The molecule has 0 unspecified atom stereocenters. The SMILES string of the molecule is CNC(=O)N1CCC(CNC(=O)NC[C@H]2CN(Cc3ccc(Cl)c(Cl)c3)CCO2)CC1. The van der Waals surface area contributed by atoms with Crippen LogP contribution in [0.15, 0.2) is 18.2 Å². The van der Waals surface area contributed by atoms with Gasteiger partial charge >= 0.3 is 12.1 Å². The molecule has 2 saturated heterocycles. The van der Waals surface area contributed by atoms with E-state index in [2.05, 4.69) is 20.9 Å². The summed E-state index contributed by atoms with van der Waals surface area (Å²) in [6, 6.07) is 5.46. The molecule has 1 atom stereocenters. The largest absolute Gasteiger partial charge is 0.374 e. The first-order valence-corrected chi connectivity index (χ1v) is 11.5. The molecule has 10 heteroatoms. The van der Waals surface area contributed by atoms with Crippen LogP contribution >= 0.6 is 23.2 Å². The zero-order valence-corrected chi connectivity index (χ0v) is 19.3. The molecule has 0 spiro atoms. The monoisotopic (exact) mass is 471 g/mol. The predicted molar refractivity (Wildman–Crippen MR) is 122 cm³/mol. The van der Waals surface area contributed by atoms with Crippen molar-refractivity contribution in [3.63, 3.8) is 0 Å². The molecule has 0 aromatic heterocycles. The minimum atomic E-state index is -0.182. The second kappa shape index (κ2) is 11.8. The Labute approximate surface area is 193 Å². The number of carbonyl (C=O) groups is 2. The molecule has 2 aliphatic rings. The average Bonchev–Trinajstić information content (AvgIpc) is 2.79. The van der Waals surface area contributed by atoms with Gasteiger partial charge in [0.25, 0.3) is 0 Å². The Bertz CT molecular complexity index is 759. The van der Waals surface area contributed by atoms with Crippen LogP contribution in [0, 0.1) is 5.92 Å². The Morgan fingerprint density at radius 3 is 2.55 bits per heavy atom. The second-order valence-corrected chi connectivity index (χ2v) is 8.87. The quantitative estimate of drug-likeness (QED) is 0.594. The van der Waals surface area contributed by atoms with Crippen LogP contribution in [0.2, 0.25) is 10.0 Å². The maximum atomic E-state index is 12.2. The van der Waals surface area contributed by atoms with Gasteiger partial charge in [-0.3, -0.25) is 4.90 Å². The molecular formula is C21H31Cl2N5O3. The Balaban J connectivity index is 1.33. The molecular weight excluding hydrogens is 441 g/mol. The molecule has 0 saturated carbocycles. The fourth-order valence-corrected chi connectivity index (χ4v) is 4.27. The maximum Gasteiger partial charge on any atom is 0.317 e. The van der Waals surface area contributed by atoms with E-state index in [1.165, 1.54) is 0 Å². The molecule has 31 heavy (non-hydrogen) atoms. The van der Waals surface area contributed by atoms with Crippen molar-refractivity contribution in [3.05, 3.63) is 33.8 Å². The number of morpholine rings is 1. The van der Waals surface area contributed by atoms with Crippen molar-refractivity contribution < 1.29 is 14.3 Å². The lowest BCUT2D eigenvalue weighted by atomic mass is 9.97. The van der Waals surface area contributed by atoms with E-state index in [1.54, 1.807) is 11.9 Å². The number of carbonyl (C=O) groups excluding carboxylic acids is 2. The van der Waals surface area contributed by atoms with Gasteiger partial charge in [-0.2, -0.15) is 0 Å². The zero-order chi connectivity index (χ0) is 22.2. The number of likely N-dealkylation sites (tertiary alicyclic amines) is 1. The third-order valence-electron chi connectivity index (χ3n) is 5.77. The summed E-state index contributed by atoms with van der Waals surface area (Å²) in [7, 11) is 1.64. The van der Waals surface area contributed by atoms with Crippen molar-refractivity contribution in [1.82, 2.24) is 25.8 Å². The van der Waals surface area contributed by atoms with E-state index in [1.807, 2.05) is 18.2 Å². The number of hydrogen-bond acceptors (Lipinski definition) is 4. The first-order valence-electron chi connectivity index (χ1n) is 10.7. The normalized spacial score (nSPS) is 20.4. The van der Waals surface area contributed by atoms with Crippen molar-refractivity contribution in [2.24, 2.45) is 5.92 Å². The van der Waals surface area contributed by atoms with Gasteiger partial charge in [-0.1, -0.05) is 29.3 Å². The van der Waals surface area contributed by atoms with Crippen molar-refractivity contribution in [1.29, 1.82) is 0 Å². The molecule has 1 aromatic carbocycles. The molecule has 2 heterocycles. The number of rotatable bonds is 6. The smallest absolute Gasteiger partial charge is 0.317 e. The van der Waals surface area contributed by atoms with E-state index >= 15 is 0 Å². The van der Waals surface area contributed by atoms with Gasteiger partial charge in [-0.15, -0.1) is 0 Å². The van der Waals surface area contributed by atoms with E-state index in [4.69, 9.17) is 27.9 Å². The minimum absolute atomic E-state index is 0.0372. The van der Waals surface area contributed by atoms with Gasteiger partial charge in [0.1, 0.15) is 0 Å². The van der Waals surface area contributed by atoms with Crippen LogP contribution in [0.3, 0.4) is 0 Å². The number of nitrogens with zero attached hydrogens (tertiary/aromatic N) is 2. The number of halogens is 2. The highest BCUT2D eigenvalue weighted by molar-refractivity contribution is 6.42. The topological polar surface area (TPSA) is 85.9 Å². The number of benzene rings is 1. The van der Waals surface area contributed by atoms with Gasteiger partial charge < -0.3 is 25.6 Å². The Kier molecular flexibility index (Phi) is 9.07. The van der Waals surface area contributed by atoms with Gasteiger partial charge in [0, 0.05) is 52.9 Å². The third-order valence-corrected chi connectivity index (χ3v) is 6.51.